The molecule has 0 aromatic carbocycles. The number of rotatable bonds is 2. The summed E-state index contributed by atoms with van der Waals surface area (Å²) in [6.07, 6.45) is 13.4. The van der Waals surface area contributed by atoms with E-state index < -0.39 is 0 Å². The van der Waals surface area contributed by atoms with Crippen LogP contribution in [0.4, 0.5) is 0 Å². The Kier molecular flexibility index (Phi) is 6.14. The van der Waals surface area contributed by atoms with E-state index >= 15 is 0 Å². The molecule has 0 heterocycles. The summed E-state index contributed by atoms with van der Waals surface area (Å²) in [6.45, 7) is 18.8. The number of ether oxygens (including phenoxy) is 2. The molecular formula is C33H52O4. The van der Waals surface area contributed by atoms with Gasteiger partial charge in [-0.3, -0.25) is 9.59 Å². The molecule has 208 valence electrons. The second-order valence-corrected chi connectivity index (χ2v) is 15.8. The van der Waals surface area contributed by atoms with Gasteiger partial charge in [0.05, 0.1) is 12.5 Å². The number of carbonyl (C=O) groups is 2. The van der Waals surface area contributed by atoms with E-state index in [1.165, 1.54) is 12.8 Å². The van der Waals surface area contributed by atoms with Crippen molar-refractivity contribution >= 4 is 11.9 Å². The van der Waals surface area contributed by atoms with Gasteiger partial charge in [0, 0.05) is 12.3 Å². The van der Waals surface area contributed by atoms with Crippen LogP contribution in [0.25, 0.3) is 0 Å². The summed E-state index contributed by atoms with van der Waals surface area (Å²) in [5, 5.41) is 0. The van der Waals surface area contributed by atoms with Crippen LogP contribution >= 0.6 is 0 Å². The number of hydrogen-bond donors (Lipinski definition) is 0. The van der Waals surface area contributed by atoms with E-state index in [1.54, 1.807) is 19.6 Å². The third-order valence-electron chi connectivity index (χ3n) is 13.5. The molecule has 4 heteroatoms. The zero-order valence-electron chi connectivity index (χ0n) is 25.1. The Balaban J connectivity index is 1.55. The third kappa shape index (κ3) is 3.58. The molecule has 4 fully saturated rings. The lowest BCUT2D eigenvalue weighted by Gasteiger charge is -2.71. The molecule has 0 aromatic heterocycles. The molecule has 4 saturated carbocycles. The van der Waals surface area contributed by atoms with Crippen LogP contribution in [-0.2, 0) is 19.1 Å². The molecular weight excluding hydrogens is 460 g/mol. The number of carbonyl (C=O) groups excluding carboxylic acids is 2. The van der Waals surface area contributed by atoms with Crippen LogP contribution in [0.1, 0.15) is 120 Å². The van der Waals surface area contributed by atoms with Gasteiger partial charge < -0.3 is 9.47 Å². The maximum Gasteiger partial charge on any atom is 0.312 e. The molecule has 3 unspecified atom stereocenters. The fraction of sp³-hybridized carbons (Fsp3) is 0.879. The Labute approximate surface area is 225 Å². The number of esters is 2. The quantitative estimate of drug-likeness (QED) is 0.279. The molecule has 0 aliphatic heterocycles. The first kappa shape index (κ1) is 27.3. The molecule has 0 radical (unpaired) electrons. The van der Waals surface area contributed by atoms with Gasteiger partial charge in [-0.05, 0) is 104 Å². The normalized spacial score (nSPS) is 47.8. The maximum absolute atomic E-state index is 13.4. The predicted octanol–water partition coefficient (Wildman–Crippen LogP) is 7.89. The molecule has 5 aliphatic rings. The molecule has 0 aromatic rings. The van der Waals surface area contributed by atoms with Gasteiger partial charge in [0.25, 0.3) is 0 Å². The van der Waals surface area contributed by atoms with E-state index in [1.807, 2.05) is 0 Å². The van der Waals surface area contributed by atoms with Gasteiger partial charge in [0.2, 0.25) is 0 Å². The van der Waals surface area contributed by atoms with Gasteiger partial charge in [-0.1, -0.05) is 60.1 Å². The van der Waals surface area contributed by atoms with Crippen LogP contribution in [0.15, 0.2) is 11.6 Å². The van der Waals surface area contributed by atoms with E-state index in [0.29, 0.717) is 17.8 Å². The minimum absolute atomic E-state index is 0.0116. The molecule has 0 amide bonds. The van der Waals surface area contributed by atoms with Crippen molar-refractivity contribution in [1.29, 1.82) is 0 Å². The minimum Gasteiger partial charge on any atom is -0.469 e. The summed E-state index contributed by atoms with van der Waals surface area (Å²) in [4.78, 5) is 25.3. The molecule has 0 N–H and O–H groups in total. The van der Waals surface area contributed by atoms with Gasteiger partial charge in [-0.15, -0.1) is 0 Å². The lowest BCUT2D eigenvalue weighted by atomic mass is 9.33. The van der Waals surface area contributed by atoms with E-state index in [-0.39, 0.29) is 50.5 Å². The van der Waals surface area contributed by atoms with E-state index in [9.17, 15) is 9.59 Å². The van der Waals surface area contributed by atoms with Crippen LogP contribution in [-0.4, -0.2) is 25.2 Å². The average molecular weight is 513 g/mol. The van der Waals surface area contributed by atoms with Crippen LogP contribution in [0.3, 0.4) is 0 Å². The number of hydrogen-bond acceptors (Lipinski definition) is 4. The first-order valence-electron chi connectivity index (χ1n) is 15.0. The Morgan fingerprint density at radius 2 is 1.54 bits per heavy atom. The standard InChI is InChI=1S/C33H52O4/c1-21(34)37-26-13-14-30(6)24(29(26,4)5)12-15-32(8)25(30)11-10-22-23-20-28(2,3)16-18-33(23,27(35)36-9)19-17-31(22,32)7/h10,23-26H,11-20H2,1-9H3/t23?,24?,25?,26-,30-,31+,32+,33-/m0/s1. The largest absolute Gasteiger partial charge is 0.469 e. The number of allylic oxidation sites excluding steroid dienone is 2. The second-order valence-electron chi connectivity index (χ2n) is 15.8. The van der Waals surface area contributed by atoms with Gasteiger partial charge in [-0.2, -0.15) is 0 Å². The summed E-state index contributed by atoms with van der Waals surface area (Å²) in [5.74, 6) is 1.33. The van der Waals surface area contributed by atoms with Crippen molar-refractivity contribution < 1.29 is 19.1 Å². The average Bonchev–Trinajstić information content (AvgIpc) is 2.80. The number of methoxy groups -OCH3 is 1. The van der Waals surface area contributed by atoms with Crippen LogP contribution < -0.4 is 0 Å². The highest BCUT2D eigenvalue weighted by Crippen LogP contribution is 2.75. The molecule has 0 bridgehead atoms. The van der Waals surface area contributed by atoms with Crippen molar-refractivity contribution in [3.05, 3.63) is 11.6 Å². The minimum atomic E-state index is -0.343. The van der Waals surface area contributed by atoms with Gasteiger partial charge >= 0.3 is 11.9 Å². The molecule has 4 nitrogen and oxygen atoms in total. The molecule has 37 heavy (non-hydrogen) atoms. The van der Waals surface area contributed by atoms with Crippen LogP contribution in [0.2, 0.25) is 0 Å². The SMILES string of the molecule is COC(=O)[C@]12CCC(C)(C)CC1C1=CCC3[C@@]4(C)CC[C@H](OC(C)=O)C(C)(C)C4CC[C@@]3(C)[C@]1(C)CC2. The first-order chi connectivity index (χ1) is 17.1. The zero-order chi connectivity index (χ0) is 27.2. The topological polar surface area (TPSA) is 52.6 Å². The van der Waals surface area contributed by atoms with E-state index in [2.05, 4.69) is 54.5 Å². The fourth-order valence-corrected chi connectivity index (χ4v) is 11.2. The Hall–Kier alpha value is -1.32. The molecule has 0 saturated heterocycles. The van der Waals surface area contributed by atoms with Crippen molar-refractivity contribution in [2.45, 2.75) is 126 Å². The summed E-state index contributed by atoms with van der Waals surface area (Å²) in [6, 6.07) is 0. The van der Waals surface area contributed by atoms with Crippen molar-refractivity contribution in [1.82, 2.24) is 0 Å². The fourth-order valence-electron chi connectivity index (χ4n) is 11.2. The predicted molar refractivity (Wildman–Crippen MR) is 147 cm³/mol. The van der Waals surface area contributed by atoms with Crippen molar-refractivity contribution in [3.8, 4) is 0 Å². The van der Waals surface area contributed by atoms with Crippen molar-refractivity contribution in [2.75, 3.05) is 7.11 Å². The highest BCUT2D eigenvalue weighted by Gasteiger charge is 2.69. The highest BCUT2D eigenvalue weighted by atomic mass is 16.5. The summed E-state index contributed by atoms with van der Waals surface area (Å²) in [7, 11) is 1.59. The summed E-state index contributed by atoms with van der Waals surface area (Å²) >= 11 is 0. The molecule has 5 aliphatic carbocycles. The van der Waals surface area contributed by atoms with Gasteiger partial charge in [0.1, 0.15) is 6.10 Å². The second kappa shape index (κ2) is 8.34. The summed E-state index contributed by atoms with van der Waals surface area (Å²) < 4.78 is 11.4. The van der Waals surface area contributed by atoms with E-state index in [4.69, 9.17) is 9.47 Å². The van der Waals surface area contributed by atoms with Crippen molar-refractivity contribution in [3.63, 3.8) is 0 Å². The lowest BCUT2D eigenvalue weighted by Crippen LogP contribution is -2.65. The molecule has 5 rings (SSSR count). The number of fused-ring (bicyclic) bond motifs is 7. The zero-order valence-corrected chi connectivity index (χ0v) is 25.1. The monoisotopic (exact) mass is 512 g/mol. The Morgan fingerprint density at radius 1 is 0.865 bits per heavy atom. The summed E-state index contributed by atoms with van der Waals surface area (Å²) in [5.41, 5.74) is 2.01. The molecule has 0 spiro atoms. The Morgan fingerprint density at radius 3 is 2.19 bits per heavy atom. The van der Waals surface area contributed by atoms with Crippen molar-refractivity contribution in [2.24, 2.45) is 50.2 Å². The van der Waals surface area contributed by atoms with E-state index in [0.717, 1.165) is 51.4 Å². The van der Waals surface area contributed by atoms with Gasteiger partial charge in [-0.25, -0.2) is 0 Å². The van der Waals surface area contributed by atoms with Crippen LogP contribution in [0.5, 0.6) is 0 Å². The lowest BCUT2D eigenvalue weighted by molar-refractivity contribution is -0.213. The smallest absolute Gasteiger partial charge is 0.312 e. The van der Waals surface area contributed by atoms with Crippen LogP contribution in [0, 0.1) is 50.2 Å². The first-order valence-corrected chi connectivity index (χ1v) is 15.0. The van der Waals surface area contributed by atoms with Gasteiger partial charge in [0.15, 0.2) is 0 Å². The highest BCUT2D eigenvalue weighted by molar-refractivity contribution is 5.78. The Bertz CT molecular complexity index is 1010. The maximum atomic E-state index is 13.4. The third-order valence-corrected chi connectivity index (χ3v) is 13.5. The molecule has 8 atom stereocenters.